The summed E-state index contributed by atoms with van der Waals surface area (Å²) in [6.07, 6.45) is 4.88. The summed E-state index contributed by atoms with van der Waals surface area (Å²) in [4.78, 5) is 25.2. The minimum atomic E-state index is -1.09. The Kier molecular flexibility index (Phi) is 9.85. The van der Waals surface area contributed by atoms with Crippen LogP contribution >= 0.6 is 0 Å². The Morgan fingerprint density at radius 1 is 1.35 bits per heavy atom. The molecular weight excluding hydrogens is 422 g/mol. The zero-order valence-corrected chi connectivity index (χ0v) is 21.5. The third kappa shape index (κ3) is 6.46. The van der Waals surface area contributed by atoms with Crippen LogP contribution in [0.5, 0.6) is 0 Å². The maximum atomic E-state index is 14.2. The Balaban J connectivity index is 0.00000341. The van der Waals surface area contributed by atoms with Crippen LogP contribution in [0.3, 0.4) is 0 Å². The van der Waals surface area contributed by atoms with Crippen LogP contribution in [0, 0.1) is 17.8 Å². The van der Waals surface area contributed by atoms with Crippen molar-refractivity contribution in [1.82, 2.24) is 4.90 Å². The van der Waals surface area contributed by atoms with Gasteiger partial charge in [0.2, 0.25) is 0 Å². The Bertz CT molecular complexity index is 906. The van der Waals surface area contributed by atoms with Crippen molar-refractivity contribution < 1.29 is 70.5 Å². The van der Waals surface area contributed by atoms with Crippen molar-refractivity contribution >= 4 is 17.9 Å². The molecule has 7 heteroatoms. The third-order valence-electron chi connectivity index (χ3n) is 5.80. The van der Waals surface area contributed by atoms with E-state index in [4.69, 9.17) is 5.11 Å². The molecule has 31 heavy (non-hydrogen) atoms. The summed E-state index contributed by atoms with van der Waals surface area (Å²) in [6, 6.07) is 12.8. The molecular formula is C24H27FKN2O3-. The predicted molar refractivity (Wildman–Crippen MR) is 114 cm³/mol. The van der Waals surface area contributed by atoms with Gasteiger partial charge in [-0.05, 0) is 62.9 Å². The number of likely N-dealkylation sites (tertiary alicyclic amines) is 1. The van der Waals surface area contributed by atoms with Gasteiger partial charge in [-0.25, -0.2) is 15.5 Å². The molecule has 0 saturated carbocycles. The largest absolute Gasteiger partial charge is 1.00 e. The molecule has 1 saturated heterocycles. The molecule has 1 aliphatic heterocycles. The maximum Gasteiger partial charge on any atom is 1.00 e. The number of carboxylic acid groups (broad SMARTS) is 1. The molecule has 1 heterocycles. The first-order valence-electron chi connectivity index (χ1n) is 10.3. The first-order chi connectivity index (χ1) is 14.4. The normalized spacial score (nSPS) is 18.5. The minimum Gasteiger partial charge on any atom is -0.540 e. The zero-order valence-electron chi connectivity index (χ0n) is 18.4. The average Bonchev–Trinajstić information content (AvgIpc) is 2.73. The molecule has 160 valence electrons. The SMILES string of the molecule is CCNc1[c-]c(C(C)([C-]=O)N2CCC[C@@H](Cc3ccc(C(=O)O)cc3)C2)cc(F)c1.[K+]. The van der Waals surface area contributed by atoms with Crippen molar-refractivity contribution in [2.24, 2.45) is 5.92 Å². The van der Waals surface area contributed by atoms with Gasteiger partial charge in [-0.15, -0.1) is 12.1 Å². The second-order valence-corrected chi connectivity index (χ2v) is 7.99. The van der Waals surface area contributed by atoms with Crippen molar-refractivity contribution in [3.8, 4) is 0 Å². The van der Waals surface area contributed by atoms with Gasteiger partial charge >= 0.3 is 57.4 Å². The van der Waals surface area contributed by atoms with Gasteiger partial charge in [0.1, 0.15) is 0 Å². The van der Waals surface area contributed by atoms with E-state index in [-0.39, 0.29) is 56.9 Å². The van der Waals surface area contributed by atoms with Crippen LogP contribution in [0.4, 0.5) is 10.1 Å². The molecule has 1 fully saturated rings. The van der Waals surface area contributed by atoms with Crippen LogP contribution in [0.1, 0.15) is 48.2 Å². The Labute approximate surface area is 225 Å². The van der Waals surface area contributed by atoms with Gasteiger partial charge in [-0.1, -0.05) is 30.3 Å². The summed E-state index contributed by atoms with van der Waals surface area (Å²) in [5.74, 6) is -1.04. The molecule has 0 aromatic heterocycles. The minimum absolute atomic E-state index is 0. The zero-order chi connectivity index (χ0) is 21.7. The van der Waals surface area contributed by atoms with Crippen LogP contribution in [0.2, 0.25) is 0 Å². The molecule has 2 aromatic carbocycles. The Morgan fingerprint density at radius 3 is 2.68 bits per heavy atom. The van der Waals surface area contributed by atoms with Gasteiger partial charge < -0.3 is 20.1 Å². The van der Waals surface area contributed by atoms with E-state index < -0.39 is 17.3 Å². The quantitative estimate of drug-likeness (QED) is 0.466. The van der Waals surface area contributed by atoms with Gasteiger partial charge in [-0.3, -0.25) is 0 Å². The molecule has 1 aliphatic rings. The van der Waals surface area contributed by atoms with E-state index in [1.54, 1.807) is 19.1 Å². The van der Waals surface area contributed by atoms with Crippen LogP contribution in [-0.2, 0) is 16.8 Å². The second kappa shape index (κ2) is 11.7. The van der Waals surface area contributed by atoms with E-state index in [0.717, 1.165) is 31.4 Å². The molecule has 0 bridgehead atoms. The summed E-state index contributed by atoms with van der Waals surface area (Å²) in [5, 5.41) is 12.1. The molecule has 1 unspecified atom stereocenters. The molecule has 0 aliphatic carbocycles. The number of carbonyl (C=O) groups excluding carboxylic acids is 1. The van der Waals surface area contributed by atoms with Crippen LogP contribution in [0.25, 0.3) is 0 Å². The van der Waals surface area contributed by atoms with E-state index in [1.165, 1.54) is 12.1 Å². The van der Waals surface area contributed by atoms with Crippen LogP contribution in [0.15, 0.2) is 36.4 Å². The summed E-state index contributed by atoms with van der Waals surface area (Å²) in [5.41, 5.74) is 1.25. The van der Waals surface area contributed by atoms with E-state index >= 15 is 0 Å². The van der Waals surface area contributed by atoms with Crippen molar-refractivity contribution in [2.45, 2.75) is 38.6 Å². The van der Waals surface area contributed by atoms with E-state index in [1.807, 2.05) is 19.1 Å². The first kappa shape index (κ1) is 26.2. The van der Waals surface area contributed by atoms with Crippen LogP contribution in [-0.4, -0.2) is 41.9 Å². The second-order valence-electron chi connectivity index (χ2n) is 7.99. The Hall–Kier alpha value is -1.09. The number of carbonyl (C=O) groups is 1. The first-order valence-corrected chi connectivity index (χ1v) is 10.3. The molecule has 0 radical (unpaired) electrons. The molecule has 0 amide bonds. The fourth-order valence-corrected chi connectivity index (χ4v) is 4.13. The molecule has 0 spiro atoms. The van der Waals surface area contributed by atoms with E-state index in [9.17, 15) is 14.0 Å². The van der Waals surface area contributed by atoms with E-state index in [2.05, 4.69) is 22.6 Å². The number of piperidine rings is 1. The van der Waals surface area contributed by atoms with Crippen molar-refractivity contribution in [3.63, 3.8) is 0 Å². The van der Waals surface area contributed by atoms with Gasteiger partial charge in [0.15, 0.2) is 0 Å². The number of nitrogens with zero attached hydrogens (tertiary/aromatic N) is 1. The van der Waals surface area contributed by atoms with Gasteiger partial charge in [-0.2, -0.15) is 11.6 Å². The topological polar surface area (TPSA) is 69.6 Å². The molecule has 2 N–H and O–H groups in total. The summed E-state index contributed by atoms with van der Waals surface area (Å²) >= 11 is 0. The number of rotatable bonds is 8. The smallest absolute Gasteiger partial charge is 0.540 e. The summed E-state index contributed by atoms with van der Waals surface area (Å²) in [7, 11) is 0. The number of nitrogens with one attached hydrogen (secondary N) is 1. The maximum absolute atomic E-state index is 14.2. The predicted octanol–water partition coefficient (Wildman–Crippen LogP) is 1.04. The fourth-order valence-electron chi connectivity index (χ4n) is 4.13. The number of hydrogen-bond acceptors (Lipinski definition) is 4. The standard InChI is InChI=1S/C24H27FN2O3.K/c1-3-26-22-13-20(12-21(25)14-22)24(2,16-28)27-10-4-5-18(15-27)11-17-6-8-19(9-7-17)23(29)30;/h6-9,12,14,18,26H,3-5,10-11,15H2,1-2H3,(H,29,30);/q-2;+1/t18-,24?;/m0./s1. The number of benzene rings is 2. The van der Waals surface area contributed by atoms with Crippen molar-refractivity contribution in [1.29, 1.82) is 0 Å². The fraction of sp³-hybridized carbons (Fsp3) is 0.417. The number of aromatic carboxylic acids is 1. The Morgan fingerprint density at radius 2 is 2.06 bits per heavy atom. The third-order valence-corrected chi connectivity index (χ3v) is 5.80. The van der Waals surface area contributed by atoms with Crippen LogP contribution < -0.4 is 56.7 Å². The molecule has 2 aromatic rings. The van der Waals surface area contributed by atoms with Gasteiger partial charge in [0, 0.05) is 12.4 Å². The molecule has 3 rings (SSSR count). The van der Waals surface area contributed by atoms with Crippen molar-refractivity contribution in [3.05, 3.63) is 65.0 Å². The number of halogens is 1. The summed E-state index contributed by atoms with van der Waals surface area (Å²) < 4.78 is 14.2. The van der Waals surface area contributed by atoms with Crippen molar-refractivity contribution in [2.75, 3.05) is 25.0 Å². The number of carboxylic acids is 1. The van der Waals surface area contributed by atoms with E-state index in [0.29, 0.717) is 30.3 Å². The monoisotopic (exact) mass is 449 g/mol. The number of hydrogen-bond donors (Lipinski definition) is 2. The molecule has 2 atom stereocenters. The number of anilines is 1. The molecule has 5 nitrogen and oxygen atoms in total. The average molecular weight is 450 g/mol. The summed E-state index contributed by atoms with van der Waals surface area (Å²) in [6.45, 7) is 5.72. The van der Waals surface area contributed by atoms with Gasteiger partial charge in [0.05, 0.1) is 5.56 Å². The van der Waals surface area contributed by atoms with Gasteiger partial charge in [0.25, 0.3) is 0 Å².